The molecule has 0 unspecified atom stereocenters. The molecule has 1 aliphatic heterocycles. The van der Waals surface area contributed by atoms with Gasteiger partial charge in [-0.1, -0.05) is 17.3 Å². The van der Waals surface area contributed by atoms with Crippen LogP contribution in [0.1, 0.15) is 29.1 Å². The number of ether oxygens (including phenoxy) is 2. The van der Waals surface area contributed by atoms with E-state index in [9.17, 15) is 4.79 Å². The molecule has 1 aromatic heterocycles. The smallest absolute Gasteiger partial charge is 0.253 e. The summed E-state index contributed by atoms with van der Waals surface area (Å²) >= 11 is 0. The van der Waals surface area contributed by atoms with Crippen molar-refractivity contribution in [2.45, 2.75) is 12.8 Å². The van der Waals surface area contributed by atoms with Gasteiger partial charge in [-0.25, -0.2) is 0 Å². The molecule has 0 bridgehead atoms. The number of carbonyl (C=O) groups is 1. The van der Waals surface area contributed by atoms with E-state index in [2.05, 4.69) is 10.1 Å². The molecule has 1 aliphatic rings. The lowest BCUT2D eigenvalue weighted by atomic mass is 9.98. The molecule has 1 fully saturated rings. The van der Waals surface area contributed by atoms with Crippen LogP contribution in [0.2, 0.25) is 0 Å². The number of rotatable bonds is 6. The van der Waals surface area contributed by atoms with Crippen LogP contribution in [0.3, 0.4) is 0 Å². The number of carbonyl (C=O) groups excluding carboxylic acids is 1. The number of hydrogen-bond donors (Lipinski definition) is 0. The first-order valence-corrected chi connectivity index (χ1v) is 9.18. The number of nitrogens with zero attached hydrogens (tertiary/aromatic N) is 3. The van der Waals surface area contributed by atoms with Crippen molar-refractivity contribution < 1.29 is 18.8 Å². The fourth-order valence-electron chi connectivity index (χ4n) is 3.18. The molecule has 28 heavy (non-hydrogen) atoms. The Kier molecular flexibility index (Phi) is 4.97. The molecule has 0 radical (unpaired) electrons. The molecule has 0 atom stereocenters. The Hall–Kier alpha value is -3.35. The van der Waals surface area contributed by atoms with Gasteiger partial charge in [0.1, 0.15) is 11.5 Å². The number of benzene rings is 2. The average Bonchev–Trinajstić information content (AvgIpc) is 3.17. The summed E-state index contributed by atoms with van der Waals surface area (Å²) in [5.74, 6) is 2.51. The Morgan fingerprint density at radius 1 is 1.18 bits per heavy atom. The molecule has 0 N–H and O–H groups in total. The van der Waals surface area contributed by atoms with Gasteiger partial charge in [0.25, 0.3) is 5.91 Å². The number of likely N-dealkylation sites (tertiary alicyclic amines) is 1. The van der Waals surface area contributed by atoms with Gasteiger partial charge in [-0.15, -0.1) is 0 Å². The summed E-state index contributed by atoms with van der Waals surface area (Å²) in [7, 11) is 1.61. The van der Waals surface area contributed by atoms with Crippen molar-refractivity contribution in [1.29, 1.82) is 0 Å². The first-order valence-electron chi connectivity index (χ1n) is 9.18. The third-order valence-electron chi connectivity index (χ3n) is 4.72. The van der Waals surface area contributed by atoms with E-state index in [-0.39, 0.29) is 11.8 Å². The minimum absolute atomic E-state index is 0.0104. The minimum atomic E-state index is -0.0104. The number of hydrogen-bond acceptors (Lipinski definition) is 6. The Bertz CT molecular complexity index is 962. The summed E-state index contributed by atoms with van der Waals surface area (Å²) < 4.78 is 16.2. The molecule has 0 saturated carbocycles. The molecule has 0 spiro atoms. The maximum absolute atomic E-state index is 12.6. The van der Waals surface area contributed by atoms with Crippen LogP contribution in [-0.4, -0.2) is 47.8 Å². The molecule has 4 rings (SSSR count). The number of methoxy groups -OCH3 is 1. The zero-order valence-corrected chi connectivity index (χ0v) is 15.8. The molecule has 2 aromatic carbocycles. The van der Waals surface area contributed by atoms with Gasteiger partial charge >= 0.3 is 0 Å². The van der Waals surface area contributed by atoms with Crippen molar-refractivity contribution in [2.75, 3.05) is 26.8 Å². The summed E-state index contributed by atoms with van der Waals surface area (Å²) in [6.45, 7) is 3.64. The Labute approximate surface area is 162 Å². The van der Waals surface area contributed by atoms with Gasteiger partial charge in [-0.3, -0.25) is 4.79 Å². The minimum Gasteiger partial charge on any atom is -0.496 e. The van der Waals surface area contributed by atoms with E-state index in [0.29, 0.717) is 42.7 Å². The number of aromatic nitrogens is 2. The van der Waals surface area contributed by atoms with Crippen molar-refractivity contribution in [3.05, 3.63) is 60.0 Å². The zero-order chi connectivity index (χ0) is 19.5. The van der Waals surface area contributed by atoms with E-state index in [1.165, 1.54) is 0 Å². The molecule has 144 valence electrons. The molecule has 0 aliphatic carbocycles. The highest BCUT2D eigenvalue weighted by Crippen LogP contribution is 2.31. The topological polar surface area (TPSA) is 77.7 Å². The van der Waals surface area contributed by atoms with Gasteiger partial charge in [0, 0.05) is 18.7 Å². The lowest BCUT2D eigenvalue weighted by Gasteiger charge is -2.37. The average molecular weight is 379 g/mol. The second-order valence-electron chi connectivity index (χ2n) is 6.52. The number of para-hydroxylation sites is 1. The first kappa shape index (κ1) is 18.0. The van der Waals surface area contributed by atoms with Gasteiger partial charge in [-0.05, 0) is 43.3 Å². The second-order valence-corrected chi connectivity index (χ2v) is 6.52. The molecule has 7 nitrogen and oxygen atoms in total. The molecule has 1 saturated heterocycles. The molecular formula is C21H21N3O4. The normalized spacial score (nSPS) is 13.9. The van der Waals surface area contributed by atoms with E-state index in [1.807, 2.05) is 43.3 Å². The highest BCUT2D eigenvalue weighted by molar-refractivity contribution is 5.95. The molecule has 1 amide bonds. The standard InChI is InChI=1S/C21H21N3O4/c1-3-27-16-10-8-14(9-11-16)21(25)24-12-15(13-24)20-22-19(23-28-20)17-6-4-5-7-18(17)26-2/h4-11,15H,3,12-13H2,1-2H3. The summed E-state index contributed by atoms with van der Waals surface area (Å²) in [4.78, 5) is 18.9. The van der Waals surface area contributed by atoms with Crippen LogP contribution in [0.15, 0.2) is 53.1 Å². The summed E-state index contributed by atoms with van der Waals surface area (Å²) in [5.41, 5.74) is 1.42. The third kappa shape index (κ3) is 3.43. The summed E-state index contributed by atoms with van der Waals surface area (Å²) in [6, 6.07) is 14.7. The van der Waals surface area contributed by atoms with Crippen molar-refractivity contribution >= 4 is 5.91 Å². The van der Waals surface area contributed by atoms with Crippen LogP contribution in [0.5, 0.6) is 11.5 Å². The van der Waals surface area contributed by atoms with Gasteiger partial charge < -0.3 is 18.9 Å². The summed E-state index contributed by atoms with van der Waals surface area (Å²) in [5, 5.41) is 4.07. The molecular weight excluding hydrogens is 358 g/mol. The largest absolute Gasteiger partial charge is 0.496 e. The summed E-state index contributed by atoms with van der Waals surface area (Å²) in [6.07, 6.45) is 0. The maximum Gasteiger partial charge on any atom is 0.253 e. The monoisotopic (exact) mass is 379 g/mol. The molecule has 3 aromatic rings. The fraction of sp³-hybridized carbons (Fsp3) is 0.286. The van der Waals surface area contributed by atoms with Gasteiger partial charge in [0.05, 0.1) is 25.2 Å². The lowest BCUT2D eigenvalue weighted by molar-refractivity contribution is 0.0569. The van der Waals surface area contributed by atoms with Crippen molar-refractivity contribution in [3.63, 3.8) is 0 Å². The lowest BCUT2D eigenvalue weighted by Crippen LogP contribution is -2.48. The van der Waals surface area contributed by atoms with Crippen LogP contribution in [0.4, 0.5) is 0 Å². The quantitative estimate of drug-likeness (QED) is 0.653. The first-order chi connectivity index (χ1) is 13.7. The van der Waals surface area contributed by atoms with Gasteiger partial charge in [-0.2, -0.15) is 4.98 Å². The predicted octanol–water partition coefficient (Wildman–Crippen LogP) is 3.38. The van der Waals surface area contributed by atoms with Gasteiger partial charge in [0.15, 0.2) is 0 Å². The zero-order valence-electron chi connectivity index (χ0n) is 15.8. The SMILES string of the molecule is CCOc1ccc(C(=O)N2CC(c3nc(-c4ccccc4OC)no3)C2)cc1. The van der Waals surface area contributed by atoms with Gasteiger partial charge in [0.2, 0.25) is 11.7 Å². The Morgan fingerprint density at radius 3 is 2.64 bits per heavy atom. The highest BCUT2D eigenvalue weighted by Gasteiger charge is 2.36. The van der Waals surface area contributed by atoms with Crippen molar-refractivity contribution in [1.82, 2.24) is 15.0 Å². The van der Waals surface area contributed by atoms with Crippen LogP contribution in [-0.2, 0) is 0 Å². The molecule has 7 heteroatoms. The molecule has 2 heterocycles. The van der Waals surface area contributed by atoms with Crippen LogP contribution < -0.4 is 9.47 Å². The Morgan fingerprint density at radius 2 is 1.93 bits per heavy atom. The van der Waals surface area contributed by atoms with E-state index in [0.717, 1.165) is 11.3 Å². The number of amides is 1. The van der Waals surface area contributed by atoms with Crippen molar-refractivity contribution in [3.8, 4) is 22.9 Å². The Balaban J connectivity index is 1.40. The second kappa shape index (κ2) is 7.72. The van der Waals surface area contributed by atoms with E-state index >= 15 is 0 Å². The fourth-order valence-corrected chi connectivity index (χ4v) is 3.18. The van der Waals surface area contributed by atoms with Crippen LogP contribution >= 0.6 is 0 Å². The van der Waals surface area contributed by atoms with E-state index < -0.39 is 0 Å². The maximum atomic E-state index is 12.6. The van der Waals surface area contributed by atoms with Crippen LogP contribution in [0.25, 0.3) is 11.4 Å². The van der Waals surface area contributed by atoms with E-state index in [4.69, 9.17) is 14.0 Å². The highest BCUT2D eigenvalue weighted by atomic mass is 16.5. The van der Waals surface area contributed by atoms with Crippen molar-refractivity contribution in [2.24, 2.45) is 0 Å². The third-order valence-corrected chi connectivity index (χ3v) is 4.72. The van der Waals surface area contributed by atoms with E-state index in [1.54, 1.807) is 24.1 Å². The predicted molar refractivity (Wildman–Crippen MR) is 103 cm³/mol. The van der Waals surface area contributed by atoms with Crippen LogP contribution in [0, 0.1) is 0 Å².